The second kappa shape index (κ2) is 8.62. The zero-order valence-electron chi connectivity index (χ0n) is 17.3. The number of pyridine rings is 1. The van der Waals surface area contributed by atoms with Crippen molar-refractivity contribution in [3.63, 3.8) is 0 Å². The molecule has 2 aromatic carbocycles. The molecule has 1 aromatic heterocycles. The number of hydrogen-bond donors (Lipinski definition) is 1. The standard InChI is InChI=1S/C22H23N3O5S/c1-15-13-19(18-7-4-8-20(29-2)21(18)23-15)24-22(26)16-5-3-6-17(14-16)31(27,28)25-9-11-30-12-10-25/h3-8,13-14H,9-12H2,1-2H3,(H,23,24,26). The van der Waals surface area contributed by atoms with Gasteiger partial charge in [0.1, 0.15) is 11.3 Å². The fourth-order valence-electron chi connectivity index (χ4n) is 3.55. The minimum absolute atomic E-state index is 0.0829. The summed E-state index contributed by atoms with van der Waals surface area (Å²) in [5, 5.41) is 3.62. The average molecular weight is 442 g/mol. The SMILES string of the molecule is COc1cccc2c(NC(=O)c3cccc(S(=O)(=O)N4CCOCC4)c3)cc(C)nc12. The van der Waals surface area contributed by atoms with Gasteiger partial charge in [-0.25, -0.2) is 13.4 Å². The van der Waals surface area contributed by atoms with Gasteiger partial charge in [0.2, 0.25) is 10.0 Å². The number of morpholine rings is 1. The number of ether oxygens (including phenoxy) is 2. The van der Waals surface area contributed by atoms with Crippen LogP contribution in [0.5, 0.6) is 5.75 Å². The third-order valence-corrected chi connectivity index (χ3v) is 7.00. The zero-order valence-corrected chi connectivity index (χ0v) is 18.1. The molecule has 0 aliphatic carbocycles. The number of aryl methyl sites for hydroxylation is 1. The molecule has 8 nitrogen and oxygen atoms in total. The summed E-state index contributed by atoms with van der Waals surface area (Å²) in [7, 11) is -2.13. The summed E-state index contributed by atoms with van der Waals surface area (Å²) >= 11 is 0. The lowest BCUT2D eigenvalue weighted by molar-refractivity contribution is 0.0730. The van der Waals surface area contributed by atoms with E-state index in [1.807, 2.05) is 19.1 Å². The molecule has 162 valence electrons. The van der Waals surface area contributed by atoms with E-state index < -0.39 is 15.9 Å². The van der Waals surface area contributed by atoms with Gasteiger partial charge in [-0.1, -0.05) is 18.2 Å². The second-order valence-corrected chi connectivity index (χ2v) is 9.10. The van der Waals surface area contributed by atoms with Gasteiger partial charge in [0.15, 0.2) is 0 Å². The van der Waals surface area contributed by atoms with Gasteiger partial charge in [0.05, 0.1) is 30.9 Å². The third kappa shape index (κ3) is 4.25. The lowest BCUT2D eigenvalue weighted by Gasteiger charge is -2.26. The van der Waals surface area contributed by atoms with Gasteiger partial charge in [-0.3, -0.25) is 4.79 Å². The molecule has 31 heavy (non-hydrogen) atoms. The Hall–Kier alpha value is -3.01. The van der Waals surface area contributed by atoms with Gasteiger partial charge in [-0.15, -0.1) is 0 Å². The number of aromatic nitrogens is 1. The van der Waals surface area contributed by atoms with Gasteiger partial charge in [0.25, 0.3) is 5.91 Å². The number of methoxy groups -OCH3 is 1. The van der Waals surface area contributed by atoms with Gasteiger partial charge in [-0.2, -0.15) is 4.31 Å². The Kier molecular flexibility index (Phi) is 5.90. The summed E-state index contributed by atoms with van der Waals surface area (Å²) in [6.07, 6.45) is 0. The highest BCUT2D eigenvalue weighted by Crippen LogP contribution is 2.30. The van der Waals surface area contributed by atoms with Crippen LogP contribution in [0.1, 0.15) is 16.1 Å². The topological polar surface area (TPSA) is 97.8 Å². The number of fused-ring (bicyclic) bond motifs is 1. The number of nitrogens with one attached hydrogen (secondary N) is 1. The van der Waals surface area contributed by atoms with Crippen molar-refractivity contribution in [2.24, 2.45) is 0 Å². The quantitative estimate of drug-likeness (QED) is 0.654. The summed E-state index contributed by atoms with van der Waals surface area (Å²) in [6.45, 7) is 3.14. The molecule has 0 radical (unpaired) electrons. The van der Waals surface area contributed by atoms with Crippen molar-refractivity contribution in [1.29, 1.82) is 0 Å². The molecule has 1 aliphatic heterocycles. The molecule has 0 bridgehead atoms. The lowest BCUT2D eigenvalue weighted by Crippen LogP contribution is -2.40. The number of para-hydroxylation sites is 1. The molecule has 0 spiro atoms. The molecule has 1 amide bonds. The first-order valence-corrected chi connectivity index (χ1v) is 11.3. The van der Waals surface area contributed by atoms with Crippen molar-refractivity contribution >= 4 is 32.5 Å². The van der Waals surface area contributed by atoms with Gasteiger partial charge in [-0.05, 0) is 37.3 Å². The Morgan fingerprint density at radius 1 is 1.13 bits per heavy atom. The Morgan fingerprint density at radius 2 is 1.87 bits per heavy atom. The van der Waals surface area contributed by atoms with Crippen molar-refractivity contribution in [1.82, 2.24) is 9.29 Å². The number of anilines is 1. The van der Waals surface area contributed by atoms with E-state index in [4.69, 9.17) is 9.47 Å². The highest BCUT2D eigenvalue weighted by atomic mass is 32.2. The Bertz CT molecular complexity index is 1240. The smallest absolute Gasteiger partial charge is 0.255 e. The highest BCUT2D eigenvalue weighted by molar-refractivity contribution is 7.89. The van der Waals surface area contributed by atoms with E-state index in [-0.39, 0.29) is 10.5 Å². The van der Waals surface area contributed by atoms with Crippen molar-refractivity contribution < 1.29 is 22.7 Å². The number of hydrogen-bond acceptors (Lipinski definition) is 6. The van der Waals surface area contributed by atoms with Crippen LogP contribution in [0.3, 0.4) is 0 Å². The summed E-state index contributed by atoms with van der Waals surface area (Å²) in [5.74, 6) is 0.198. The maximum atomic E-state index is 13.0. The van der Waals surface area contributed by atoms with E-state index in [1.54, 1.807) is 31.4 Å². The van der Waals surface area contributed by atoms with Crippen molar-refractivity contribution in [3.8, 4) is 5.75 Å². The largest absolute Gasteiger partial charge is 0.494 e. The fourth-order valence-corrected chi connectivity index (χ4v) is 5.00. The van der Waals surface area contributed by atoms with Gasteiger partial charge < -0.3 is 14.8 Å². The number of benzene rings is 2. The van der Waals surface area contributed by atoms with Crippen LogP contribution in [-0.2, 0) is 14.8 Å². The average Bonchev–Trinajstić information content (AvgIpc) is 2.79. The number of carbonyl (C=O) groups is 1. The summed E-state index contributed by atoms with van der Waals surface area (Å²) in [6, 6.07) is 13.3. The van der Waals surface area contributed by atoms with Crippen LogP contribution in [0, 0.1) is 6.92 Å². The first-order chi connectivity index (χ1) is 14.9. The normalized spacial score (nSPS) is 15.0. The maximum Gasteiger partial charge on any atom is 0.255 e. The van der Waals surface area contributed by atoms with Gasteiger partial charge in [0, 0.05) is 29.7 Å². The van der Waals surface area contributed by atoms with E-state index >= 15 is 0 Å². The zero-order chi connectivity index (χ0) is 22.0. The van der Waals surface area contributed by atoms with Crippen LogP contribution < -0.4 is 10.1 Å². The Morgan fingerprint density at radius 3 is 2.61 bits per heavy atom. The van der Waals surface area contributed by atoms with E-state index in [0.29, 0.717) is 43.3 Å². The molecule has 0 unspecified atom stereocenters. The summed E-state index contributed by atoms with van der Waals surface area (Å²) in [4.78, 5) is 17.6. The predicted octanol–water partition coefficient (Wildman–Crippen LogP) is 2.83. The molecule has 4 rings (SSSR count). The Balaban J connectivity index is 1.65. The summed E-state index contributed by atoms with van der Waals surface area (Å²) < 4.78 is 37.8. The first kappa shape index (κ1) is 21.2. The molecule has 3 aromatic rings. The molecular formula is C22H23N3O5S. The lowest BCUT2D eigenvalue weighted by atomic mass is 10.1. The minimum atomic E-state index is -3.69. The molecule has 2 heterocycles. The molecular weight excluding hydrogens is 418 g/mol. The molecule has 1 saturated heterocycles. The molecule has 9 heteroatoms. The van der Waals surface area contributed by atoms with Crippen molar-refractivity contribution in [3.05, 3.63) is 59.8 Å². The van der Waals surface area contributed by atoms with E-state index in [1.165, 1.54) is 16.4 Å². The van der Waals surface area contributed by atoms with E-state index in [2.05, 4.69) is 10.3 Å². The van der Waals surface area contributed by atoms with Gasteiger partial charge >= 0.3 is 0 Å². The monoisotopic (exact) mass is 441 g/mol. The van der Waals surface area contributed by atoms with Crippen LogP contribution >= 0.6 is 0 Å². The van der Waals surface area contributed by atoms with Crippen LogP contribution in [0.15, 0.2) is 53.4 Å². The Labute approximate surface area is 180 Å². The molecule has 0 atom stereocenters. The van der Waals surface area contributed by atoms with Crippen molar-refractivity contribution in [2.75, 3.05) is 38.7 Å². The number of sulfonamides is 1. The summed E-state index contributed by atoms with van der Waals surface area (Å²) in [5.41, 5.74) is 2.19. The number of amides is 1. The van der Waals surface area contributed by atoms with Crippen molar-refractivity contribution in [2.45, 2.75) is 11.8 Å². The number of rotatable bonds is 5. The van der Waals surface area contributed by atoms with Crippen LogP contribution in [0.4, 0.5) is 5.69 Å². The number of nitrogens with zero attached hydrogens (tertiary/aromatic N) is 2. The predicted molar refractivity (Wildman–Crippen MR) is 117 cm³/mol. The first-order valence-electron chi connectivity index (χ1n) is 9.84. The van der Waals surface area contributed by atoms with Crippen LogP contribution in [0.25, 0.3) is 10.9 Å². The van der Waals surface area contributed by atoms with Crippen LogP contribution in [0.2, 0.25) is 0 Å². The van der Waals surface area contributed by atoms with E-state index in [0.717, 1.165) is 11.1 Å². The maximum absolute atomic E-state index is 13.0. The molecule has 1 aliphatic rings. The second-order valence-electron chi connectivity index (χ2n) is 7.17. The molecule has 1 N–H and O–H groups in total. The minimum Gasteiger partial charge on any atom is -0.494 e. The third-order valence-electron chi connectivity index (χ3n) is 5.10. The highest BCUT2D eigenvalue weighted by Gasteiger charge is 2.27. The van der Waals surface area contributed by atoms with E-state index in [9.17, 15) is 13.2 Å². The molecule has 0 saturated carbocycles. The fraction of sp³-hybridized carbons (Fsp3) is 0.273. The molecule has 1 fully saturated rings. The number of carbonyl (C=O) groups excluding carboxylic acids is 1. The van der Waals surface area contributed by atoms with Crippen LogP contribution in [-0.4, -0.2) is 57.0 Å².